The third-order valence-corrected chi connectivity index (χ3v) is 10.7. The van der Waals surface area contributed by atoms with E-state index in [1.807, 2.05) is 60.7 Å². The van der Waals surface area contributed by atoms with E-state index in [2.05, 4.69) is 156 Å². The van der Waals surface area contributed by atoms with E-state index in [1.165, 1.54) is 16.3 Å². The summed E-state index contributed by atoms with van der Waals surface area (Å²) in [6, 6.07) is 63.1. The van der Waals surface area contributed by atoms with Crippen molar-refractivity contribution in [2.45, 2.75) is 6.92 Å². The summed E-state index contributed by atoms with van der Waals surface area (Å²) in [5.74, 6) is 1.91. The van der Waals surface area contributed by atoms with Crippen LogP contribution in [0.4, 0.5) is 0 Å². The molecule has 270 valence electrons. The maximum absolute atomic E-state index is 5.01. The highest BCUT2D eigenvalue weighted by molar-refractivity contribution is 6.10. The maximum atomic E-state index is 5.01. The van der Waals surface area contributed by atoms with E-state index in [4.69, 9.17) is 15.0 Å². The lowest BCUT2D eigenvalue weighted by molar-refractivity contribution is 1.07. The molecule has 0 saturated carbocycles. The molecule has 5 nitrogen and oxygen atoms in total. The average molecular weight is 732 g/mol. The summed E-state index contributed by atoms with van der Waals surface area (Å²) in [5.41, 5.74) is 10.7. The topological polar surface area (TPSA) is 48.5 Å². The minimum Gasteiger partial charge on any atom is -0.309 e. The number of hydrogen-bond donors (Lipinski definition) is 0. The first-order valence-corrected chi connectivity index (χ1v) is 19.1. The molecule has 0 aliphatic heterocycles. The van der Waals surface area contributed by atoms with Crippen molar-refractivity contribution in [3.63, 3.8) is 0 Å². The molecule has 3 aromatic heterocycles. The van der Waals surface area contributed by atoms with Gasteiger partial charge in [0.2, 0.25) is 0 Å². The predicted octanol–water partition coefficient (Wildman–Crippen LogP) is 11.2. The van der Waals surface area contributed by atoms with Crippen LogP contribution in [0.15, 0.2) is 188 Å². The number of allylic oxidation sites excluding steroid dienone is 2. The molecule has 0 amide bonds. The zero-order valence-electron chi connectivity index (χ0n) is 31.4. The molecule has 0 atom stereocenters. The van der Waals surface area contributed by atoms with Crippen LogP contribution in [0.25, 0.3) is 96.5 Å². The second-order valence-corrected chi connectivity index (χ2v) is 14.2. The zero-order chi connectivity index (χ0) is 38.3. The van der Waals surface area contributed by atoms with Gasteiger partial charge in [0.1, 0.15) is 0 Å². The fourth-order valence-corrected chi connectivity index (χ4v) is 7.88. The average Bonchev–Trinajstić information content (AvgIpc) is 3.77. The molecule has 3 heterocycles. The van der Waals surface area contributed by atoms with Gasteiger partial charge < -0.3 is 9.13 Å². The van der Waals surface area contributed by atoms with Crippen LogP contribution in [0.3, 0.4) is 0 Å². The van der Waals surface area contributed by atoms with Crippen LogP contribution in [0, 0.1) is 0 Å². The number of rotatable bonds is 7. The second-order valence-electron chi connectivity index (χ2n) is 14.2. The van der Waals surface area contributed by atoms with Crippen LogP contribution in [0.1, 0.15) is 12.5 Å². The van der Waals surface area contributed by atoms with E-state index in [0.29, 0.717) is 17.5 Å². The van der Waals surface area contributed by atoms with Gasteiger partial charge in [-0.05, 0) is 72.7 Å². The lowest BCUT2D eigenvalue weighted by atomic mass is 10.0. The molecule has 5 heteroatoms. The second kappa shape index (κ2) is 14.2. The minimum atomic E-state index is 0.626. The SMILES string of the molecule is C=c1/c(=C\C=C(/C)c2ccc3c(c2)c2ccccc2n3-c2cccc(-c3nc(-c4ccccc4)nc(-c4ccccc4)n3)c2)n(-c2ccccc2)c2ccccc12. The minimum absolute atomic E-state index is 0.626. The Kier molecular flexibility index (Phi) is 8.46. The first-order valence-electron chi connectivity index (χ1n) is 19.1. The molecular formula is C52H37N5. The standard InChI is InChI=1S/C52H37N5/c1-35(29-31-46-36(2)43-25-12-14-27-47(43)56(46)41-22-10-5-11-23-41)39-30-32-49-45(34-39)44-26-13-15-28-48(44)57(49)42-24-16-21-40(33-42)52-54-50(37-17-6-3-7-18-37)53-51(55-52)38-19-8-4-9-20-38/h3-34H,2H2,1H3/b35-29+,46-31+. The molecule has 0 aliphatic rings. The van der Waals surface area contributed by atoms with Gasteiger partial charge in [0.25, 0.3) is 0 Å². The van der Waals surface area contributed by atoms with Gasteiger partial charge >= 0.3 is 0 Å². The Morgan fingerprint density at radius 2 is 0.965 bits per heavy atom. The van der Waals surface area contributed by atoms with Crippen molar-refractivity contribution < 1.29 is 0 Å². The molecule has 10 aromatic rings. The van der Waals surface area contributed by atoms with Gasteiger partial charge in [-0.1, -0.05) is 146 Å². The van der Waals surface area contributed by atoms with Crippen molar-refractivity contribution in [2.24, 2.45) is 0 Å². The van der Waals surface area contributed by atoms with Gasteiger partial charge in [0.05, 0.1) is 21.9 Å². The predicted molar refractivity (Wildman–Crippen MR) is 237 cm³/mol. The Morgan fingerprint density at radius 3 is 1.63 bits per heavy atom. The summed E-state index contributed by atoms with van der Waals surface area (Å²) in [6.45, 7) is 6.70. The third-order valence-electron chi connectivity index (χ3n) is 10.7. The van der Waals surface area contributed by atoms with Crippen molar-refractivity contribution in [2.75, 3.05) is 0 Å². The maximum Gasteiger partial charge on any atom is 0.164 e. The Bertz CT molecular complexity index is 3190. The molecule has 0 bridgehead atoms. The highest BCUT2D eigenvalue weighted by Crippen LogP contribution is 2.35. The number of aromatic nitrogens is 5. The number of benzene rings is 7. The van der Waals surface area contributed by atoms with Gasteiger partial charge in [-0.3, -0.25) is 0 Å². The number of nitrogens with zero attached hydrogens (tertiary/aromatic N) is 5. The lowest BCUT2D eigenvalue weighted by Crippen LogP contribution is -2.26. The van der Waals surface area contributed by atoms with Crippen LogP contribution in [0.5, 0.6) is 0 Å². The monoisotopic (exact) mass is 731 g/mol. The molecule has 0 aliphatic carbocycles. The number of para-hydroxylation sites is 3. The lowest BCUT2D eigenvalue weighted by Gasteiger charge is -2.12. The van der Waals surface area contributed by atoms with Crippen molar-refractivity contribution in [1.82, 2.24) is 24.1 Å². The summed E-state index contributed by atoms with van der Waals surface area (Å²) in [4.78, 5) is 14.9. The van der Waals surface area contributed by atoms with Crippen molar-refractivity contribution >= 4 is 50.9 Å². The van der Waals surface area contributed by atoms with E-state index in [9.17, 15) is 0 Å². The van der Waals surface area contributed by atoms with E-state index >= 15 is 0 Å². The molecule has 0 fully saturated rings. The van der Waals surface area contributed by atoms with Crippen LogP contribution in [0.2, 0.25) is 0 Å². The molecule has 57 heavy (non-hydrogen) atoms. The van der Waals surface area contributed by atoms with Crippen molar-refractivity contribution in [1.29, 1.82) is 0 Å². The first kappa shape index (κ1) is 33.9. The van der Waals surface area contributed by atoms with E-state index in [1.54, 1.807) is 0 Å². The van der Waals surface area contributed by atoms with Crippen LogP contribution >= 0.6 is 0 Å². The van der Waals surface area contributed by atoms with Gasteiger partial charge in [0.15, 0.2) is 17.5 Å². The fourth-order valence-electron chi connectivity index (χ4n) is 7.88. The van der Waals surface area contributed by atoms with E-state index < -0.39 is 0 Å². The van der Waals surface area contributed by atoms with Gasteiger partial charge in [-0.25, -0.2) is 15.0 Å². The van der Waals surface area contributed by atoms with Gasteiger partial charge in [-0.15, -0.1) is 0 Å². The van der Waals surface area contributed by atoms with Crippen LogP contribution in [-0.4, -0.2) is 24.1 Å². The highest BCUT2D eigenvalue weighted by Gasteiger charge is 2.16. The Morgan fingerprint density at radius 1 is 0.456 bits per heavy atom. The molecule has 10 rings (SSSR count). The molecule has 0 unspecified atom stereocenters. The fraction of sp³-hybridized carbons (Fsp3) is 0.0192. The summed E-state index contributed by atoms with van der Waals surface area (Å²) < 4.78 is 4.64. The third kappa shape index (κ3) is 6.12. The Balaban J connectivity index is 1.08. The largest absolute Gasteiger partial charge is 0.309 e. The molecule has 0 spiro atoms. The molecule has 7 aromatic carbocycles. The summed E-state index contributed by atoms with van der Waals surface area (Å²) in [5, 5.41) is 5.63. The Hall–Kier alpha value is -7.63. The van der Waals surface area contributed by atoms with Gasteiger partial charge in [-0.2, -0.15) is 0 Å². The van der Waals surface area contributed by atoms with E-state index in [-0.39, 0.29) is 0 Å². The Labute approximate surface area is 330 Å². The number of fused-ring (bicyclic) bond motifs is 4. The number of hydrogen-bond acceptors (Lipinski definition) is 3. The van der Waals surface area contributed by atoms with Crippen molar-refractivity contribution in [3.05, 3.63) is 204 Å². The normalized spacial score (nSPS) is 12.2. The summed E-state index contributed by atoms with van der Waals surface area (Å²) >= 11 is 0. The summed E-state index contributed by atoms with van der Waals surface area (Å²) in [7, 11) is 0. The smallest absolute Gasteiger partial charge is 0.164 e. The molecule has 0 N–H and O–H groups in total. The van der Waals surface area contributed by atoms with E-state index in [0.717, 1.165) is 66.1 Å². The molecule has 0 saturated heterocycles. The zero-order valence-corrected chi connectivity index (χ0v) is 31.4. The van der Waals surface area contributed by atoms with Crippen molar-refractivity contribution in [3.8, 4) is 45.5 Å². The highest BCUT2D eigenvalue weighted by atomic mass is 15.0. The van der Waals surface area contributed by atoms with Crippen LogP contribution in [-0.2, 0) is 0 Å². The molecular weight excluding hydrogens is 695 g/mol. The van der Waals surface area contributed by atoms with Gasteiger partial charge in [0, 0.05) is 49.4 Å². The summed E-state index contributed by atoms with van der Waals surface area (Å²) in [6.07, 6.45) is 4.42. The molecule has 0 radical (unpaired) electrons. The quantitative estimate of drug-likeness (QED) is 0.164. The first-order chi connectivity index (χ1) is 28.1. The van der Waals surface area contributed by atoms with Crippen LogP contribution < -0.4 is 10.6 Å².